The molecule has 172 valence electrons. The first-order valence-corrected chi connectivity index (χ1v) is 11.0. The molecule has 3 rings (SSSR count). The lowest BCUT2D eigenvalue weighted by molar-refractivity contribution is -0.121. The van der Waals surface area contributed by atoms with Gasteiger partial charge in [0.05, 0.1) is 5.52 Å². The third kappa shape index (κ3) is 5.55. The number of nitrogens with zero attached hydrogens (tertiary/aromatic N) is 4. The molecule has 2 heterocycles. The van der Waals surface area contributed by atoms with E-state index in [1.54, 1.807) is 7.05 Å². The summed E-state index contributed by atoms with van der Waals surface area (Å²) in [5.74, 6) is -0.0190. The fourth-order valence-electron chi connectivity index (χ4n) is 3.64. The Balaban J connectivity index is 1.52. The minimum absolute atomic E-state index is 0.0190. The number of hydrogen-bond acceptors (Lipinski definition) is 5. The minimum Gasteiger partial charge on any atom is -0.444 e. The van der Waals surface area contributed by atoms with Crippen molar-refractivity contribution >= 4 is 28.6 Å². The van der Waals surface area contributed by atoms with Gasteiger partial charge in [-0.25, -0.2) is 14.3 Å². The van der Waals surface area contributed by atoms with Crippen LogP contribution in [0.1, 0.15) is 50.6 Å². The van der Waals surface area contributed by atoms with Crippen LogP contribution < -0.4 is 5.32 Å². The highest BCUT2D eigenvalue weighted by atomic mass is 16.6. The standard InChI is InChI=1S/C24H33N5O3/c1-16-18(17(2)29-22(26-16)19-10-7-8-11-20(19)27-29)12-13-21(30)25-14-9-15-28(6)23(31)32-24(3,4)5/h7-8,10-11H,9,12-15H2,1-6H3,(H,25,30). The number of hydrogen-bond donors (Lipinski definition) is 1. The van der Waals surface area contributed by atoms with Crippen LogP contribution >= 0.6 is 0 Å². The number of aryl methyl sites for hydroxylation is 2. The topological polar surface area (TPSA) is 88.8 Å². The second-order valence-electron chi connectivity index (χ2n) is 9.12. The summed E-state index contributed by atoms with van der Waals surface area (Å²) >= 11 is 0. The average Bonchev–Trinajstić information content (AvgIpc) is 3.08. The summed E-state index contributed by atoms with van der Waals surface area (Å²) in [6.45, 7) is 10.5. The van der Waals surface area contributed by atoms with Crippen LogP contribution in [-0.4, -0.2) is 57.2 Å². The maximum atomic E-state index is 12.4. The van der Waals surface area contributed by atoms with Crippen molar-refractivity contribution in [1.82, 2.24) is 24.8 Å². The van der Waals surface area contributed by atoms with Crippen molar-refractivity contribution in [1.29, 1.82) is 0 Å². The van der Waals surface area contributed by atoms with Crippen molar-refractivity contribution in [2.75, 3.05) is 20.1 Å². The zero-order valence-corrected chi connectivity index (χ0v) is 19.9. The van der Waals surface area contributed by atoms with E-state index in [-0.39, 0.29) is 12.0 Å². The number of aromatic nitrogens is 3. The van der Waals surface area contributed by atoms with E-state index in [1.165, 1.54) is 4.90 Å². The molecular weight excluding hydrogens is 406 g/mol. The lowest BCUT2D eigenvalue weighted by Gasteiger charge is -2.24. The van der Waals surface area contributed by atoms with Crippen molar-refractivity contribution in [2.24, 2.45) is 0 Å². The van der Waals surface area contributed by atoms with E-state index in [9.17, 15) is 9.59 Å². The van der Waals surface area contributed by atoms with Gasteiger partial charge in [-0.1, -0.05) is 12.1 Å². The molecule has 0 atom stereocenters. The van der Waals surface area contributed by atoms with Crippen LogP contribution in [0.25, 0.3) is 16.6 Å². The molecule has 2 amide bonds. The Hall–Kier alpha value is -3.16. The first-order chi connectivity index (χ1) is 15.1. The van der Waals surface area contributed by atoms with Crippen LogP contribution in [0.15, 0.2) is 24.3 Å². The van der Waals surface area contributed by atoms with Crippen molar-refractivity contribution < 1.29 is 14.3 Å². The molecule has 2 aromatic heterocycles. The molecule has 0 spiro atoms. The summed E-state index contributed by atoms with van der Waals surface area (Å²) in [4.78, 5) is 30.6. The molecule has 1 aromatic carbocycles. The first kappa shape index (κ1) is 23.5. The Morgan fingerprint density at radius 3 is 2.62 bits per heavy atom. The number of benzene rings is 1. The van der Waals surface area contributed by atoms with Crippen molar-refractivity contribution in [3.63, 3.8) is 0 Å². The van der Waals surface area contributed by atoms with Crippen LogP contribution in [0.5, 0.6) is 0 Å². The second-order valence-corrected chi connectivity index (χ2v) is 9.12. The Bertz CT molecular complexity index is 1130. The Morgan fingerprint density at radius 2 is 1.91 bits per heavy atom. The highest BCUT2D eigenvalue weighted by Gasteiger charge is 2.19. The van der Waals surface area contributed by atoms with Crippen LogP contribution in [0, 0.1) is 13.8 Å². The van der Waals surface area contributed by atoms with Gasteiger partial charge >= 0.3 is 6.09 Å². The van der Waals surface area contributed by atoms with Crippen LogP contribution in [0.3, 0.4) is 0 Å². The molecule has 1 N–H and O–H groups in total. The van der Waals surface area contributed by atoms with Crippen LogP contribution in [-0.2, 0) is 16.0 Å². The van der Waals surface area contributed by atoms with Gasteiger partial charge in [-0.05, 0) is 65.2 Å². The highest BCUT2D eigenvalue weighted by molar-refractivity contribution is 5.92. The lowest BCUT2D eigenvalue weighted by Crippen LogP contribution is -2.36. The maximum absolute atomic E-state index is 12.4. The summed E-state index contributed by atoms with van der Waals surface area (Å²) in [6, 6.07) is 7.95. The van der Waals surface area contributed by atoms with Gasteiger partial charge in [-0.15, -0.1) is 0 Å². The van der Waals surface area contributed by atoms with Crippen molar-refractivity contribution in [3.05, 3.63) is 41.2 Å². The average molecular weight is 440 g/mol. The molecule has 32 heavy (non-hydrogen) atoms. The van der Waals surface area contributed by atoms with Crippen molar-refractivity contribution in [3.8, 4) is 0 Å². The minimum atomic E-state index is -0.517. The number of amides is 2. The Labute approximate surface area is 188 Å². The summed E-state index contributed by atoms with van der Waals surface area (Å²) < 4.78 is 7.20. The van der Waals surface area contributed by atoms with E-state index >= 15 is 0 Å². The third-order valence-corrected chi connectivity index (χ3v) is 5.32. The van der Waals surface area contributed by atoms with Crippen LogP contribution in [0.4, 0.5) is 4.79 Å². The molecular formula is C24H33N5O3. The predicted octanol–water partition coefficient (Wildman–Crippen LogP) is 3.81. The first-order valence-electron chi connectivity index (χ1n) is 11.0. The van der Waals surface area contributed by atoms with Gasteiger partial charge in [0.2, 0.25) is 5.91 Å². The maximum Gasteiger partial charge on any atom is 0.410 e. The molecule has 8 heteroatoms. The molecule has 0 bridgehead atoms. The van der Waals surface area contributed by atoms with E-state index in [0.29, 0.717) is 32.4 Å². The number of ether oxygens (including phenoxy) is 1. The number of carbonyl (C=O) groups excluding carboxylic acids is 2. The molecule has 0 saturated carbocycles. The quantitative estimate of drug-likeness (QED) is 0.566. The fourth-order valence-corrected chi connectivity index (χ4v) is 3.64. The number of carbonyl (C=O) groups is 2. The normalized spacial score (nSPS) is 11.7. The zero-order chi connectivity index (χ0) is 23.5. The second kappa shape index (κ2) is 9.54. The summed E-state index contributed by atoms with van der Waals surface area (Å²) in [5.41, 5.74) is 4.22. The number of rotatable bonds is 7. The monoisotopic (exact) mass is 439 g/mol. The van der Waals surface area contributed by atoms with Gasteiger partial charge in [-0.3, -0.25) is 4.79 Å². The lowest BCUT2D eigenvalue weighted by atomic mass is 10.1. The molecule has 0 aliphatic carbocycles. The molecule has 0 fully saturated rings. The smallest absolute Gasteiger partial charge is 0.410 e. The predicted molar refractivity (Wildman–Crippen MR) is 125 cm³/mol. The van der Waals surface area contributed by atoms with E-state index in [1.807, 2.05) is 63.4 Å². The number of fused-ring (bicyclic) bond motifs is 3. The zero-order valence-electron chi connectivity index (χ0n) is 19.9. The van der Waals surface area contributed by atoms with Crippen molar-refractivity contribution in [2.45, 2.75) is 59.5 Å². The highest BCUT2D eigenvalue weighted by Crippen LogP contribution is 2.22. The van der Waals surface area contributed by atoms with Crippen LogP contribution in [0.2, 0.25) is 0 Å². The summed E-state index contributed by atoms with van der Waals surface area (Å²) in [6.07, 6.45) is 1.27. The van der Waals surface area contributed by atoms with E-state index in [0.717, 1.165) is 33.5 Å². The molecule has 0 radical (unpaired) electrons. The van der Waals surface area contributed by atoms with Gasteiger partial charge in [0.25, 0.3) is 0 Å². The van der Waals surface area contributed by atoms with Gasteiger partial charge < -0.3 is 15.0 Å². The number of nitrogens with one attached hydrogen (secondary N) is 1. The Morgan fingerprint density at radius 1 is 1.19 bits per heavy atom. The third-order valence-electron chi connectivity index (χ3n) is 5.32. The SMILES string of the molecule is Cc1nc2c3ccccc3nn2c(C)c1CCC(=O)NCCCN(C)C(=O)OC(C)(C)C. The largest absolute Gasteiger partial charge is 0.444 e. The molecule has 0 unspecified atom stereocenters. The van der Waals surface area contributed by atoms with E-state index in [4.69, 9.17) is 9.72 Å². The van der Waals surface area contributed by atoms with Gasteiger partial charge in [0.1, 0.15) is 5.60 Å². The molecule has 8 nitrogen and oxygen atoms in total. The van der Waals surface area contributed by atoms with Gasteiger partial charge in [0, 0.05) is 43.3 Å². The molecule has 0 aliphatic rings. The molecule has 3 aromatic rings. The van der Waals surface area contributed by atoms with E-state index in [2.05, 4.69) is 10.4 Å². The summed E-state index contributed by atoms with van der Waals surface area (Å²) in [5, 5.41) is 8.63. The van der Waals surface area contributed by atoms with Gasteiger partial charge in [-0.2, -0.15) is 5.10 Å². The summed E-state index contributed by atoms with van der Waals surface area (Å²) in [7, 11) is 1.70. The molecule has 0 aliphatic heterocycles. The van der Waals surface area contributed by atoms with E-state index < -0.39 is 5.60 Å². The fraction of sp³-hybridized carbons (Fsp3) is 0.500. The Kier molecular flexibility index (Phi) is 7.01. The van der Waals surface area contributed by atoms with Gasteiger partial charge in [0.15, 0.2) is 5.65 Å². The molecule has 0 saturated heterocycles.